The van der Waals surface area contributed by atoms with Crippen LogP contribution in [0.5, 0.6) is 0 Å². The van der Waals surface area contributed by atoms with E-state index in [4.69, 9.17) is 15.3 Å². The van der Waals surface area contributed by atoms with E-state index in [1.807, 2.05) is 0 Å². The summed E-state index contributed by atoms with van der Waals surface area (Å²) in [5, 5.41) is 14.8. The van der Waals surface area contributed by atoms with Crippen LogP contribution in [0.3, 0.4) is 0 Å². The van der Waals surface area contributed by atoms with Crippen molar-refractivity contribution < 1.29 is 31.2 Å². The molecule has 0 aliphatic carbocycles. The first kappa shape index (κ1) is 10.4. The summed E-state index contributed by atoms with van der Waals surface area (Å²) in [7, 11) is 0. The van der Waals surface area contributed by atoms with Crippen LogP contribution in [0.25, 0.3) is 0 Å². The van der Waals surface area contributed by atoms with E-state index < -0.39 is 5.09 Å². The molecule has 55 valence electrons. The molecule has 11 heavy (non-hydrogen) atoms. The predicted octanol–water partition coefficient (Wildman–Crippen LogP) is 0.620. The van der Waals surface area contributed by atoms with Crippen LogP contribution in [0.2, 0.25) is 0 Å². The fourth-order valence-corrected chi connectivity index (χ4v) is 1.54. The van der Waals surface area contributed by atoms with E-state index in [0.717, 1.165) is 26.1 Å². The molecule has 0 heterocycles. The molecule has 0 aliphatic rings. The van der Waals surface area contributed by atoms with E-state index in [2.05, 4.69) is 30.3 Å². The van der Waals surface area contributed by atoms with Crippen molar-refractivity contribution in [1.29, 1.82) is 0 Å². The summed E-state index contributed by atoms with van der Waals surface area (Å²) in [4.78, 5) is 8.25. The summed E-state index contributed by atoms with van der Waals surface area (Å²) >= 11 is 0.810. The summed E-state index contributed by atoms with van der Waals surface area (Å²) in [6, 6.07) is 10.6. The van der Waals surface area contributed by atoms with Crippen LogP contribution in [0.4, 0.5) is 0 Å². The Morgan fingerprint density at radius 3 is 1.73 bits per heavy atom. The Bertz CT molecular complexity index is 210. The molecule has 1 aromatic rings. The minimum atomic E-state index is -1.75. The maximum absolute atomic E-state index is 8.25. The predicted molar refractivity (Wildman–Crippen MR) is 36.4 cm³/mol. The van der Waals surface area contributed by atoms with Crippen LogP contribution in [-0.2, 0) is 26.1 Å². The Hall–Kier alpha value is -0.645. The average Bonchev–Trinajstić information content (AvgIpc) is 1.87. The minimum absolute atomic E-state index is 0.810. The Labute approximate surface area is 79.9 Å². The van der Waals surface area contributed by atoms with Crippen LogP contribution >= 0.6 is 0 Å². The second-order valence-corrected chi connectivity index (χ2v) is 4.88. The number of nitrogens with zero attached hydrogens (tertiary/aromatic N) is 1. The summed E-state index contributed by atoms with van der Waals surface area (Å²) in [6.07, 6.45) is 0. The van der Waals surface area contributed by atoms with Crippen LogP contribution in [0.15, 0.2) is 30.3 Å². The topological polar surface area (TPSA) is 66.2 Å². The molecular weight excluding hydrogens is 335 g/mol. The molecule has 0 aliphatic heterocycles. The zero-order chi connectivity index (χ0) is 8.69. The van der Waals surface area contributed by atoms with Gasteiger partial charge in [-0.25, -0.2) is 0 Å². The number of hydrogen-bond acceptors (Lipinski definition) is 3. The summed E-state index contributed by atoms with van der Waals surface area (Å²) in [5.74, 6) is 0. The molecule has 1 aromatic carbocycles. The molecule has 0 saturated carbocycles. The maximum atomic E-state index is 8.25. The van der Waals surface area contributed by atoms with Crippen molar-refractivity contribution in [1.82, 2.24) is 0 Å². The molecule has 0 spiro atoms. The molecule has 0 saturated heterocycles. The zero-order valence-electron chi connectivity index (χ0n) is 5.77. The van der Waals surface area contributed by atoms with E-state index in [1.54, 1.807) is 0 Å². The van der Waals surface area contributed by atoms with Gasteiger partial charge in [-0.1, -0.05) is 0 Å². The standard InChI is InChI=1S/C6H5.Hg.NO3/c1-2-4-6-5-3-1;;2-1(3)4/h1-5H;;/q;;-1. The molecule has 0 bridgehead atoms. The van der Waals surface area contributed by atoms with Crippen molar-refractivity contribution in [2.24, 2.45) is 0 Å². The second-order valence-electron chi connectivity index (χ2n) is 1.71. The van der Waals surface area contributed by atoms with Crippen molar-refractivity contribution in [3.05, 3.63) is 45.7 Å². The molecule has 0 aromatic heterocycles. The normalized spacial score (nSPS) is 7.82. The Morgan fingerprint density at radius 1 is 1.18 bits per heavy atom. The Balaban J connectivity index is 0.000000218. The van der Waals surface area contributed by atoms with Gasteiger partial charge in [0.1, 0.15) is 0 Å². The molecule has 1 rings (SSSR count). The van der Waals surface area contributed by atoms with Gasteiger partial charge >= 0.3 is 59.5 Å². The van der Waals surface area contributed by atoms with Crippen molar-refractivity contribution in [3.8, 4) is 0 Å². The molecule has 0 amide bonds. The summed E-state index contributed by atoms with van der Waals surface area (Å²) in [5.41, 5.74) is 0. The van der Waals surface area contributed by atoms with E-state index in [9.17, 15) is 0 Å². The van der Waals surface area contributed by atoms with Crippen molar-refractivity contribution in [2.45, 2.75) is 0 Å². The van der Waals surface area contributed by atoms with Crippen molar-refractivity contribution in [3.63, 3.8) is 0 Å². The molecule has 0 N–H and O–H groups in total. The average molecular weight is 340 g/mol. The van der Waals surface area contributed by atoms with Gasteiger partial charge in [0.05, 0.1) is 5.09 Å². The molecule has 0 atom stereocenters. The van der Waals surface area contributed by atoms with E-state index in [1.165, 1.54) is 3.07 Å². The van der Waals surface area contributed by atoms with Crippen LogP contribution in [-0.4, -0.2) is 5.09 Å². The fraction of sp³-hybridized carbons (Fsp3) is 0. The zero-order valence-corrected chi connectivity index (χ0v) is 11.3. The van der Waals surface area contributed by atoms with Gasteiger partial charge in [-0.15, -0.1) is 0 Å². The molecule has 0 fully saturated rings. The third-order valence-electron chi connectivity index (χ3n) is 0.843. The first-order valence-corrected chi connectivity index (χ1v) is 5.56. The molecule has 5 heteroatoms. The number of benzene rings is 1. The van der Waals surface area contributed by atoms with E-state index >= 15 is 0 Å². The second kappa shape index (κ2) is 6.09. The SMILES string of the molecule is O=[N+]([O-])[O-].[Hg][c]1ccccc1. The van der Waals surface area contributed by atoms with Gasteiger partial charge in [0.15, 0.2) is 0 Å². The van der Waals surface area contributed by atoms with Gasteiger partial charge in [0.25, 0.3) is 0 Å². The van der Waals surface area contributed by atoms with Crippen LogP contribution < -0.4 is 3.07 Å². The number of hydrogen-bond donors (Lipinski definition) is 0. The van der Waals surface area contributed by atoms with Crippen LogP contribution in [0, 0.1) is 15.3 Å². The summed E-state index contributed by atoms with van der Waals surface area (Å²) < 4.78 is 1.52. The van der Waals surface area contributed by atoms with Crippen molar-refractivity contribution in [2.75, 3.05) is 0 Å². The Kier molecular flexibility index (Phi) is 5.73. The van der Waals surface area contributed by atoms with E-state index in [-0.39, 0.29) is 0 Å². The third-order valence-corrected chi connectivity index (χ3v) is 2.68. The summed E-state index contributed by atoms with van der Waals surface area (Å²) in [6.45, 7) is 0. The quantitative estimate of drug-likeness (QED) is 0.395. The monoisotopic (exact) mass is 341 g/mol. The Morgan fingerprint density at radius 2 is 1.55 bits per heavy atom. The molecule has 4 nitrogen and oxygen atoms in total. The molecule has 0 unspecified atom stereocenters. The fourth-order valence-electron chi connectivity index (χ4n) is 0.478. The van der Waals surface area contributed by atoms with Gasteiger partial charge in [-0.05, 0) is 0 Å². The first-order valence-electron chi connectivity index (χ1n) is 2.81. The first-order chi connectivity index (χ1) is 5.13. The van der Waals surface area contributed by atoms with Crippen molar-refractivity contribution >= 4 is 3.07 Å². The van der Waals surface area contributed by atoms with E-state index in [0.29, 0.717) is 0 Å². The molecule has 0 radical (unpaired) electrons. The van der Waals surface area contributed by atoms with Gasteiger partial charge in [0, 0.05) is 0 Å². The van der Waals surface area contributed by atoms with Gasteiger partial charge in [-0.2, -0.15) is 0 Å². The molecular formula is C6H5HgNO3-. The van der Waals surface area contributed by atoms with Crippen LogP contribution in [0.1, 0.15) is 0 Å². The third kappa shape index (κ3) is 9.36. The van der Waals surface area contributed by atoms with Gasteiger partial charge < -0.3 is 15.3 Å². The number of rotatable bonds is 0. The van der Waals surface area contributed by atoms with Gasteiger partial charge in [0.2, 0.25) is 0 Å². The van der Waals surface area contributed by atoms with Gasteiger partial charge in [-0.3, -0.25) is 0 Å².